The molecule has 2 aromatic carbocycles. The minimum absolute atomic E-state index is 0.109. The Morgan fingerprint density at radius 2 is 2.08 bits per heavy atom. The van der Waals surface area contributed by atoms with E-state index in [0.717, 1.165) is 22.3 Å². The van der Waals surface area contributed by atoms with Crippen LogP contribution < -0.4 is 10.7 Å². The van der Waals surface area contributed by atoms with Gasteiger partial charge >= 0.3 is 0 Å². The van der Waals surface area contributed by atoms with E-state index in [1.165, 1.54) is 17.4 Å². The maximum Gasteiger partial charge on any atom is 0.262 e. The van der Waals surface area contributed by atoms with Crippen LogP contribution in [-0.2, 0) is 4.79 Å². The number of anilines is 1. The topological polar surface area (TPSA) is 86.6 Å². The van der Waals surface area contributed by atoms with Crippen LogP contribution in [0.3, 0.4) is 0 Å². The molecule has 0 saturated heterocycles. The number of aromatic hydroxyl groups is 1. The van der Waals surface area contributed by atoms with Crippen molar-refractivity contribution in [2.75, 3.05) is 5.32 Å². The number of hydrazone groups is 1. The number of aromatic nitrogens is 1. The van der Waals surface area contributed by atoms with Crippen molar-refractivity contribution in [3.05, 3.63) is 53.8 Å². The summed E-state index contributed by atoms with van der Waals surface area (Å²) in [4.78, 5) is 16.6. The Hall–Kier alpha value is -3.00. The van der Waals surface area contributed by atoms with Gasteiger partial charge in [-0.2, -0.15) is 5.10 Å². The second kappa shape index (κ2) is 7.49. The molecule has 8 heteroatoms. The van der Waals surface area contributed by atoms with Crippen LogP contribution in [-0.4, -0.2) is 27.8 Å². The van der Waals surface area contributed by atoms with Gasteiger partial charge in [0, 0.05) is 5.56 Å². The summed E-state index contributed by atoms with van der Waals surface area (Å²) in [6.07, 6.45) is 0. The maximum atomic E-state index is 13.3. The lowest BCUT2D eigenvalue weighted by atomic mass is 10.1. The number of phenols is 1. The second-order valence-corrected chi connectivity index (χ2v) is 6.72. The van der Waals surface area contributed by atoms with E-state index in [1.807, 2.05) is 24.3 Å². The SMILES string of the molecule is C/C(=N\NC(=O)[C@H](C)Nc1nc2ccccc2s1)c1cc(F)ccc1O. The first-order valence-corrected chi connectivity index (χ1v) is 8.71. The molecule has 3 N–H and O–H groups in total. The highest BCUT2D eigenvalue weighted by atomic mass is 32.1. The first-order valence-electron chi connectivity index (χ1n) is 7.89. The molecule has 0 bridgehead atoms. The van der Waals surface area contributed by atoms with Crippen LogP contribution in [0.2, 0.25) is 0 Å². The summed E-state index contributed by atoms with van der Waals surface area (Å²) in [5.74, 6) is -0.980. The van der Waals surface area contributed by atoms with Crippen molar-refractivity contribution in [3.8, 4) is 5.75 Å². The van der Waals surface area contributed by atoms with E-state index in [-0.39, 0.29) is 17.2 Å². The van der Waals surface area contributed by atoms with Crippen molar-refractivity contribution < 1.29 is 14.3 Å². The molecule has 3 aromatic rings. The number of hydrogen-bond acceptors (Lipinski definition) is 6. The fraction of sp³-hybridized carbons (Fsp3) is 0.167. The fourth-order valence-electron chi connectivity index (χ4n) is 2.28. The Kier molecular flexibility index (Phi) is 5.13. The fourth-order valence-corrected chi connectivity index (χ4v) is 3.23. The molecule has 0 spiro atoms. The van der Waals surface area contributed by atoms with Crippen molar-refractivity contribution >= 4 is 38.3 Å². The van der Waals surface area contributed by atoms with Crippen molar-refractivity contribution in [3.63, 3.8) is 0 Å². The number of para-hydroxylation sites is 1. The lowest BCUT2D eigenvalue weighted by molar-refractivity contribution is -0.121. The van der Waals surface area contributed by atoms with Crippen molar-refractivity contribution in [2.45, 2.75) is 19.9 Å². The zero-order valence-electron chi connectivity index (χ0n) is 14.2. The number of amides is 1. The van der Waals surface area contributed by atoms with Crippen LogP contribution in [0.5, 0.6) is 5.75 Å². The minimum atomic E-state index is -0.576. The summed E-state index contributed by atoms with van der Waals surface area (Å²) >= 11 is 1.46. The summed E-state index contributed by atoms with van der Waals surface area (Å²) in [5.41, 5.74) is 3.79. The molecule has 0 unspecified atom stereocenters. The van der Waals surface area contributed by atoms with Crippen LogP contribution in [0.4, 0.5) is 9.52 Å². The van der Waals surface area contributed by atoms with Gasteiger partial charge in [0.25, 0.3) is 5.91 Å². The number of rotatable bonds is 5. The molecule has 1 atom stereocenters. The van der Waals surface area contributed by atoms with Gasteiger partial charge < -0.3 is 10.4 Å². The summed E-state index contributed by atoms with van der Waals surface area (Å²) in [5, 5.41) is 17.4. The van der Waals surface area contributed by atoms with Crippen molar-refractivity contribution in [1.82, 2.24) is 10.4 Å². The van der Waals surface area contributed by atoms with E-state index in [0.29, 0.717) is 10.8 Å². The zero-order chi connectivity index (χ0) is 18.7. The number of benzene rings is 2. The maximum absolute atomic E-state index is 13.3. The van der Waals surface area contributed by atoms with Gasteiger partial charge in [0.2, 0.25) is 0 Å². The summed E-state index contributed by atoms with van der Waals surface area (Å²) in [6.45, 7) is 3.26. The smallest absolute Gasteiger partial charge is 0.262 e. The number of nitrogens with one attached hydrogen (secondary N) is 2. The predicted molar refractivity (Wildman–Crippen MR) is 101 cm³/mol. The van der Waals surface area contributed by atoms with Gasteiger partial charge in [-0.25, -0.2) is 14.8 Å². The average molecular weight is 372 g/mol. The summed E-state index contributed by atoms with van der Waals surface area (Å²) in [6, 6.07) is 10.7. The number of carbonyl (C=O) groups is 1. The third kappa shape index (κ3) is 3.97. The Balaban J connectivity index is 1.66. The third-order valence-electron chi connectivity index (χ3n) is 3.71. The molecule has 6 nitrogen and oxygen atoms in total. The molecular formula is C18H17FN4O2S. The Morgan fingerprint density at radius 3 is 2.85 bits per heavy atom. The highest BCUT2D eigenvalue weighted by Gasteiger charge is 2.15. The minimum Gasteiger partial charge on any atom is -0.507 e. The summed E-state index contributed by atoms with van der Waals surface area (Å²) in [7, 11) is 0. The monoisotopic (exact) mass is 372 g/mol. The van der Waals surface area contributed by atoms with Crippen LogP contribution in [0, 0.1) is 5.82 Å². The lowest BCUT2D eigenvalue weighted by Gasteiger charge is -2.11. The molecule has 1 amide bonds. The highest BCUT2D eigenvalue weighted by Crippen LogP contribution is 2.25. The van der Waals surface area contributed by atoms with Crippen molar-refractivity contribution in [2.24, 2.45) is 5.10 Å². The van der Waals surface area contributed by atoms with E-state index >= 15 is 0 Å². The Bertz CT molecular complexity index is 953. The van der Waals surface area contributed by atoms with E-state index in [2.05, 4.69) is 20.8 Å². The number of thiazole rings is 1. The highest BCUT2D eigenvalue weighted by molar-refractivity contribution is 7.22. The quantitative estimate of drug-likeness (QED) is 0.473. The Morgan fingerprint density at radius 1 is 1.31 bits per heavy atom. The standard InChI is InChI=1S/C18H17FN4O2S/c1-10(13-9-12(19)7-8-15(13)24)22-23-17(25)11(2)20-18-21-14-5-3-4-6-16(14)26-18/h3-9,11,24H,1-2H3,(H,20,21)(H,23,25)/b22-10+/t11-/m0/s1. The van der Waals surface area contributed by atoms with E-state index in [1.54, 1.807) is 13.8 Å². The molecule has 0 aliphatic carbocycles. The van der Waals surface area contributed by atoms with Gasteiger partial charge in [-0.3, -0.25) is 4.79 Å². The van der Waals surface area contributed by atoms with Gasteiger partial charge in [0.05, 0.1) is 15.9 Å². The number of hydrogen-bond donors (Lipinski definition) is 3. The molecule has 134 valence electrons. The molecule has 0 fully saturated rings. The average Bonchev–Trinajstić information content (AvgIpc) is 3.03. The molecule has 3 rings (SSSR count). The van der Waals surface area contributed by atoms with Crippen molar-refractivity contribution in [1.29, 1.82) is 0 Å². The van der Waals surface area contributed by atoms with E-state index in [9.17, 15) is 14.3 Å². The predicted octanol–water partition coefficient (Wildman–Crippen LogP) is 3.48. The van der Waals surface area contributed by atoms with Gasteiger partial charge in [-0.15, -0.1) is 0 Å². The molecule has 0 saturated carbocycles. The first kappa shape index (κ1) is 17.8. The number of nitrogens with zero attached hydrogens (tertiary/aromatic N) is 2. The molecule has 1 aromatic heterocycles. The molecule has 26 heavy (non-hydrogen) atoms. The van der Waals surface area contributed by atoms with Crippen LogP contribution in [0.25, 0.3) is 10.2 Å². The van der Waals surface area contributed by atoms with Crippen LogP contribution >= 0.6 is 11.3 Å². The number of carbonyl (C=O) groups excluding carboxylic acids is 1. The normalized spacial score (nSPS) is 12.8. The van der Waals surface area contributed by atoms with E-state index in [4.69, 9.17) is 0 Å². The second-order valence-electron chi connectivity index (χ2n) is 5.69. The van der Waals surface area contributed by atoms with Gasteiger partial charge in [-0.05, 0) is 44.2 Å². The third-order valence-corrected chi connectivity index (χ3v) is 4.68. The van der Waals surface area contributed by atoms with Gasteiger partial charge in [0.1, 0.15) is 17.6 Å². The molecule has 0 aliphatic heterocycles. The molecule has 0 radical (unpaired) electrons. The number of fused-ring (bicyclic) bond motifs is 1. The molecule has 1 heterocycles. The molecular weight excluding hydrogens is 355 g/mol. The molecule has 0 aliphatic rings. The van der Waals surface area contributed by atoms with Crippen LogP contribution in [0.15, 0.2) is 47.6 Å². The lowest BCUT2D eigenvalue weighted by Crippen LogP contribution is -2.35. The van der Waals surface area contributed by atoms with Crippen LogP contribution in [0.1, 0.15) is 19.4 Å². The first-order chi connectivity index (χ1) is 12.4. The Labute approximate surface area is 153 Å². The number of halogens is 1. The van der Waals surface area contributed by atoms with Gasteiger partial charge in [-0.1, -0.05) is 23.5 Å². The summed E-state index contributed by atoms with van der Waals surface area (Å²) < 4.78 is 14.3. The largest absolute Gasteiger partial charge is 0.507 e. The zero-order valence-corrected chi connectivity index (χ0v) is 15.0. The van der Waals surface area contributed by atoms with E-state index < -0.39 is 11.9 Å². The van der Waals surface area contributed by atoms with Gasteiger partial charge in [0.15, 0.2) is 5.13 Å². The number of phenolic OH excluding ortho intramolecular Hbond substituents is 1.